The third-order valence-electron chi connectivity index (χ3n) is 3.54. The largest absolute Gasteiger partial charge is 0.497 e. The fraction of sp³-hybridized carbons (Fsp3) is 0.0588. The molecule has 0 saturated heterocycles. The van der Waals surface area contributed by atoms with E-state index in [2.05, 4.69) is 10.3 Å². The molecular weight excluding hydrogens is 356 g/mol. The molecule has 26 heavy (non-hydrogen) atoms. The lowest BCUT2D eigenvalue weighted by molar-refractivity contribution is -0.384. The quantitative estimate of drug-likeness (QED) is 0.386. The lowest BCUT2D eigenvalue weighted by Gasteiger charge is -2.03. The van der Waals surface area contributed by atoms with Gasteiger partial charge in [0.05, 0.1) is 12.0 Å². The second-order valence-electron chi connectivity index (χ2n) is 5.22. The fourth-order valence-electron chi connectivity index (χ4n) is 2.21. The minimum Gasteiger partial charge on any atom is -0.497 e. The Balaban J connectivity index is 1.80. The summed E-state index contributed by atoms with van der Waals surface area (Å²) in [6, 6.07) is 12.6. The summed E-state index contributed by atoms with van der Waals surface area (Å²) in [7, 11) is 1.58. The van der Waals surface area contributed by atoms with Crippen molar-refractivity contribution in [3.8, 4) is 5.75 Å². The second kappa shape index (κ2) is 7.19. The first-order valence-corrected chi connectivity index (χ1v) is 8.26. The number of nitrogens with one attached hydrogen (secondary N) is 1. The lowest BCUT2D eigenvalue weighted by Crippen LogP contribution is -2.02. The molecule has 0 aliphatic rings. The second-order valence-corrected chi connectivity index (χ2v) is 6.22. The van der Waals surface area contributed by atoms with E-state index in [-0.39, 0.29) is 22.2 Å². The molecule has 3 rings (SSSR count). The van der Waals surface area contributed by atoms with Crippen LogP contribution in [0.1, 0.15) is 15.2 Å². The number of nitro groups is 1. The van der Waals surface area contributed by atoms with Crippen molar-refractivity contribution in [3.63, 3.8) is 0 Å². The molecule has 1 heterocycles. The van der Waals surface area contributed by atoms with Crippen molar-refractivity contribution >= 4 is 39.4 Å². The van der Waals surface area contributed by atoms with Gasteiger partial charge in [-0.15, -0.1) is 0 Å². The predicted molar refractivity (Wildman–Crippen MR) is 99.3 cm³/mol. The average molecular weight is 370 g/mol. The van der Waals surface area contributed by atoms with Crippen molar-refractivity contribution in [1.29, 1.82) is 0 Å². The number of carbonyl (C=O) groups excluding carboxylic acids is 1. The maximum atomic E-state index is 12.6. The number of ether oxygens (including phenoxy) is 1. The highest BCUT2D eigenvalue weighted by Gasteiger charge is 2.19. The number of ketones is 1. The van der Waals surface area contributed by atoms with Gasteiger partial charge in [-0.3, -0.25) is 14.9 Å². The Hall–Kier alpha value is -3.46. The molecule has 0 unspecified atom stereocenters. The Bertz CT molecular complexity index is 952. The number of non-ortho nitro benzene ring substituents is 1. The van der Waals surface area contributed by atoms with Crippen LogP contribution in [0.25, 0.3) is 0 Å². The summed E-state index contributed by atoms with van der Waals surface area (Å²) in [5, 5.41) is 14.2. The number of anilines is 3. The van der Waals surface area contributed by atoms with Crippen molar-refractivity contribution in [1.82, 2.24) is 4.98 Å². The number of methoxy groups -OCH3 is 1. The van der Waals surface area contributed by atoms with E-state index in [1.807, 2.05) is 12.1 Å². The Kier molecular flexibility index (Phi) is 4.81. The highest BCUT2D eigenvalue weighted by molar-refractivity contribution is 7.18. The van der Waals surface area contributed by atoms with Gasteiger partial charge >= 0.3 is 0 Å². The molecule has 3 N–H and O–H groups in total. The third-order valence-corrected chi connectivity index (χ3v) is 4.53. The van der Waals surface area contributed by atoms with Crippen LogP contribution in [0.4, 0.5) is 22.3 Å². The van der Waals surface area contributed by atoms with Crippen LogP contribution in [0, 0.1) is 10.1 Å². The molecular formula is C17H14N4O4S. The Morgan fingerprint density at radius 3 is 2.42 bits per heavy atom. The zero-order chi connectivity index (χ0) is 18.7. The number of nitrogen functional groups attached to an aromatic ring is 1. The number of hydrogen-bond donors (Lipinski definition) is 2. The Morgan fingerprint density at radius 1 is 1.19 bits per heavy atom. The zero-order valence-corrected chi connectivity index (χ0v) is 14.4. The first-order valence-electron chi connectivity index (χ1n) is 7.44. The summed E-state index contributed by atoms with van der Waals surface area (Å²) in [5.74, 6) is 0.496. The smallest absolute Gasteiger partial charge is 0.269 e. The summed E-state index contributed by atoms with van der Waals surface area (Å²) in [4.78, 5) is 27.2. The molecule has 2 aromatic carbocycles. The first-order chi connectivity index (χ1) is 12.5. The van der Waals surface area contributed by atoms with Crippen LogP contribution < -0.4 is 15.8 Å². The maximum Gasteiger partial charge on any atom is 0.269 e. The number of nitrogens with zero attached hydrogens (tertiary/aromatic N) is 2. The van der Waals surface area contributed by atoms with Gasteiger partial charge in [0, 0.05) is 23.4 Å². The lowest BCUT2D eigenvalue weighted by atomic mass is 10.1. The van der Waals surface area contributed by atoms with Gasteiger partial charge in [0.1, 0.15) is 16.4 Å². The summed E-state index contributed by atoms with van der Waals surface area (Å²) in [6.45, 7) is 0. The normalized spacial score (nSPS) is 10.3. The number of aromatic nitrogens is 1. The van der Waals surface area contributed by atoms with Crippen molar-refractivity contribution in [2.24, 2.45) is 0 Å². The van der Waals surface area contributed by atoms with E-state index < -0.39 is 4.92 Å². The number of thiazole rings is 1. The maximum absolute atomic E-state index is 12.6. The van der Waals surface area contributed by atoms with E-state index in [9.17, 15) is 14.9 Å². The molecule has 0 radical (unpaired) electrons. The van der Waals surface area contributed by atoms with E-state index >= 15 is 0 Å². The van der Waals surface area contributed by atoms with Gasteiger partial charge < -0.3 is 15.8 Å². The van der Waals surface area contributed by atoms with Crippen LogP contribution in [0.5, 0.6) is 5.75 Å². The van der Waals surface area contributed by atoms with Gasteiger partial charge in [-0.1, -0.05) is 11.3 Å². The number of nitro benzene ring substituents is 1. The van der Waals surface area contributed by atoms with Crippen LogP contribution in [0.3, 0.4) is 0 Å². The van der Waals surface area contributed by atoms with E-state index in [1.165, 1.54) is 24.3 Å². The fourth-order valence-corrected chi connectivity index (χ4v) is 3.08. The van der Waals surface area contributed by atoms with E-state index in [1.54, 1.807) is 19.2 Å². The number of hydrogen-bond acceptors (Lipinski definition) is 8. The van der Waals surface area contributed by atoms with E-state index in [0.29, 0.717) is 10.7 Å². The molecule has 0 spiro atoms. The molecule has 1 aromatic heterocycles. The predicted octanol–water partition coefficient (Wildman–Crippen LogP) is 3.62. The molecule has 0 atom stereocenters. The standard InChI is InChI=1S/C17H14N4O4S/c1-25-13-8-4-11(5-9-13)19-17-20-16(18)15(26-17)14(22)10-2-6-12(7-3-10)21(23)24/h2-9H,18H2,1H3,(H,19,20). The van der Waals surface area contributed by atoms with Crippen LogP contribution in [-0.2, 0) is 0 Å². The minimum absolute atomic E-state index is 0.0827. The summed E-state index contributed by atoms with van der Waals surface area (Å²) in [5.41, 5.74) is 6.86. The molecule has 132 valence electrons. The molecule has 0 aliphatic heterocycles. The van der Waals surface area contributed by atoms with Gasteiger partial charge in [-0.25, -0.2) is 4.98 Å². The van der Waals surface area contributed by atoms with Crippen LogP contribution >= 0.6 is 11.3 Å². The molecule has 8 nitrogen and oxygen atoms in total. The molecule has 0 amide bonds. The number of nitrogens with two attached hydrogens (primary N) is 1. The SMILES string of the molecule is COc1ccc(Nc2nc(N)c(C(=O)c3ccc([N+](=O)[O-])cc3)s2)cc1. The monoisotopic (exact) mass is 370 g/mol. The van der Waals surface area contributed by atoms with Gasteiger partial charge in [0.25, 0.3) is 5.69 Å². The molecule has 0 fully saturated rings. The zero-order valence-electron chi connectivity index (χ0n) is 13.6. The average Bonchev–Trinajstić information content (AvgIpc) is 3.02. The third kappa shape index (κ3) is 3.62. The Morgan fingerprint density at radius 2 is 1.85 bits per heavy atom. The van der Waals surface area contributed by atoms with Crippen molar-refractivity contribution in [3.05, 3.63) is 69.1 Å². The molecule has 0 bridgehead atoms. The van der Waals surface area contributed by atoms with E-state index in [0.717, 1.165) is 22.8 Å². The molecule has 3 aromatic rings. The van der Waals surface area contributed by atoms with Gasteiger partial charge in [-0.05, 0) is 36.4 Å². The number of rotatable bonds is 6. The van der Waals surface area contributed by atoms with Crippen molar-refractivity contribution in [2.75, 3.05) is 18.2 Å². The van der Waals surface area contributed by atoms with Crippen LogP contribution in [0.2, 0.25) is 0 Å². The minimum atomic E-state index is -0.522. The van der Waals surface area contributed by atoms with Gasteiger partial charge in [-0.2, -0.15) is 0 Å². The Labute approximate surface area is 152 Å². The summed E-state index contributed by atoms with van der Waals surface area (Å²) in [6.07, 6.45) is 0. The van der Waals surface area contributed by atoms with E-state index in [4.69, 9.17) is 10.5 Å². The van der Waals surface area contributed by atoms with Crippen molar-refractivity contribution < 1.29 is 14.5 Å². The highest BCUT2D eigenvalue weighted by Crippen LogP contribution is 2.30. The molecule has 9 heteroatoms. The molecule has 0 saturated carbocycles. The summed E-state index contributed by atoms with van der Waals surface area (Å²) >= 11 is 1.12. The van der Waals surface area contributed by atoms with Crippen LogP contribution in [0.15, 0.2) is 48.5 Å². The number of benzene rings is 2. The van der Waals surface area contributed by atoms with Crippen LogP contribution in [-0.4, -0.2) is 22.8 Å². The number of carbonyl (C=O) groups is 1. The topological polar surface area (TPSA) is 120 Å². The highest BCUT2D eigenvalue weighted by atomic mass is 32.1. The summed E-state index contributed by atoms with van der Waals surface area (Å²) < 4.78 is 5.10. The van der Waals surface area contributed by atoms with Crippen molar-refractivity contribution in [2.45, 2.75) is 0 Å². The molecule has 0 aliphatic carbocycles. The van der Waals surface area contributed by atoms with Gasteiger partial charge in [0.15, 0.2) is 5.13 Å². The first kappa shape index (κ1) is 17.4. The van der Waals surface area contributed by atoms with Gasteiger partial charge in [0.2, 0.25) is 5.78 Å².